The molecule has 480 valence electrons. The van der Waals surface area contributed by atoms with Crippen LogP contribution in [0.4, 0.5) is 0 Å². The van der Waals surface area contributed by atoms with Crippen molar-refractivity contribution in [2.75, 3.05) is 65.9 Å². The van der Waals surface area contributed by atoms with Crippen molar-refractivity contribution in [2.24, 2.45) is 59.2 Å². The molecule has 0 aliphatic heterocycles. The number of esters is 6. The average Bonchev–Trinajstić information content (AvgIpc) is 3.50. The van der Waals surface area contributed by atoms with Gasteiger partial charge >= 0.3 is 35.8 Å². The molecule has 0 heterocycles. The standard InChI is InChI=1S/C69H121NO13/c1-5-9-13-22-54-28-36-60(37-29-54)66(74)80-50-58(51-81-67(75)61-38-30-55(31-39-61)23-14-10-6-2)48-78-64(72)26-17-19-44-70(46-21-47-71)45-20-18-27-65(73)79-49-59(52-82-68(76)62-40-32-56(33-41-62)24-15-11-7-3)53-83-69(77)63-42-34-57(35-43-63)25-16-12-8-4/h54-63,71H,5-53H2,1-4H3. The van der Waals surface area contributed by atoms with Crippen LogP contribution in [0, 0.1) is 59.2 Å². The number of nitrogens with zero attached hydrogens (tertiary/aromatic N) is 1. The molecule has 0 aromatic carbocycles. The highest BCUT2D eigenvalue weighted by atomic mass is 16.6. The lowest BCUT2D eigenvalue weighted by molar-refractivity contribution is -0.161. The normalized spacial score (nSPS) is 23.6. The second kappa shape index (κ2) is 45.1. The third-order valence-electron chi connectivity index (χ3n) is 19.2. The molecule has 14 heteroatoms. The van der Waals surface area contributed by atoms with Gasteiger partial charge in [-0.05, 0) is 172 Å². The predicted octanol–water partition coefficient (Wildman–Crippen LogP) is 15.0. The molecule has 4 saturated carbocycles. The zero-order valence-electron chi connectivity index (χ0n) is 53.2. The molecule has 0 unspecified atom stereocenters. The van der Waals surface area contributed by atoms with Gasteiger partial charge in [-0.1, -0.05) is 130 Å². The summed E-state index contributed by atoms with van der Waals surface area (Å²) in [5.74, 6) is -0.208. The number of carbonyl (C=O) groups excluding carboxylic acids is 6. The van der Waals surface area contributed by atoms with Gasteiger partial charge in [0.05, 0.1) is 35.5 Å². The van der Waals surface area contributed by atoms with Crippen molar-refractivity contribution in [2.45, 2.75) is 278 Å². The quantitative estimate of drug-likeness (QED) is 0.0345. The number of carbonyl (C=O) groups is 6. The maximum absolute atomic E-state index is 13.3. The lowest BCUT2D eigenvalue weighted by Gasteiger charge is -2.28. The molecule has 0 atom stereocenters. The van der Waals surface area contributed by atoms with Gasteiger partial charge in [0.1, 0.15) is 39.6 Å². The number of rotatable bonds is 45. The number of hydrogen-bond donors (Lipinski definition) is 1. The Morgan fingerprint density at radius 2 is 0.590 bits per heavy atom. The molecule has 1 N–H and O–H groups in total. The van der Waals surface area contributed by atoms with Crippen LogP contribution >= 0.6 is 0 Å². The lowest BCUT2D eigenvalue weighted by Crippen LogP contribution is -2.31. The van der Waals surface area contributed by atoms with Crippen molar-refractivity contribution in [1.82, 2.24) is 4.90 Å². The number of aliphatic hydroxyl groups is 1. The van der Waals surface area contributed by atoms with E-state index < -0.39 is 11.8 Å². The molecule has 4 aliphatic carbocycles. The first-order valence-corrected chi connectivity index (χ1v) is 34.8. The second-order valence-corrected chi connectivity index (χ2v) is 26.3. The maximum Gasteiger partial charge on any atom is 0.308 e. The van der Waals surface area contributed by atoms with E-state index in [4.69, 9.17) is 28.4 Å². The van der Waals surface area contributed by atoms with Crippen molar-refractivity contribution in [3.63, 3.8) is 0 Å². The number of ether oxygens (including phenoxy) is 6. The SMILES string of the molecule is CCCCCC1CCC(C(=O)OCC(COC(=O)CCCCN(CCCO)CCCCC(=O)OCC(COC(=O)C2CCC(CCCCC)CC2)COC(=O)C2CCC(CCCCC)CC2)COC(=O)C2CCC(CCCCC)CC2)CC1. The van der Waals surface area contributed by atoms with Crippen molar-refractivity contribution < 1.29 is 62.3 Å². The summed E-state index contributed by atoms with van der Waals surface area (Å²) in [5, 5.41) is 9.66. The monoisotopic (exact) mass is 1170 g/mol. The molecule has 4 fully saturated rings. The van der Waals surface area contributed by atoms with Gasteiger partial charge in [0.2, 0.25) is 0 Å². The van der Waals surface area contributed by atoms with Gasteiger partial charge in [-0.2, -0.15) is 0 Å². The van der Waals surface area contributed by atoms with Crippen LogP contribution in [-0.4, -0.2) is 112 Å². The molecular formula is C69H121NO13. The van der Waals surface area contributed by atoms with Crippen molar-refractivity contribution in [3.05, 3.63) is 0 Å². The lowest BCUT2D eigenvalue weighted by atomic mass is 9.80. The Morgan fingerprint density at radius 1 is 0.337 bits per heavy atom. The number of aliphatic hydroxyl groups excluding tert-OH is 1. The Kier molecular flexibility index (Phi) is 39.2. The van der Waals surface area contributed by atoms with E-state index in [-0.39, 0.29) is 119 Å². The van der Waals surface area contributed by atoms with Crippen LogP contribution in [0.5, 0.6) is 0 Å². The summed E-state index contributed by atoms with van der Waals surface area (Å²) in [6.45, 7) is 11.2. The van der Waals surface area contributed by atoms with Gasteiger partial charge in [0.15, 0.2) is 0 Å². The van der Waals surface area contributed by atoms with Crippen LogP contribution in [0.25, 0.3) is 0 Å². The highest BCUT2D eigenvalue weighted by molar-refractivity contribution is 5.74. The molecule has 0 aromatic rings. The van der Waals surface area contributed by atoms with Crippen molar-refractivity contribution in [1.29, 1.82) is 0 Å². The minimum Gasteiger partial charge on any atom is -0.465 e. The van der Waals surface area contributed by atoms with E-state index in [0.29, 0.717) is 62.6 Å². The van der Waals surface area contributed by atoms with Gasteiger partial charge in [0.25, 0.3) is 0 Å². The van der Waals surface area contributed by atoms with E-state index in [1.807, 2.05) is 0 Å². The highest BCUT2D eigenvalue weighted by Crippen LogP contribution is 2.36. The van der Waals surface area contributed by atoms with E-state index in [1.54, 1.807) is 0 Å². The Bertz CT molecular complexity index is 1520. The fourth-order valence-corrected chi connectivity index (χ4v) is 13.4. The second-order valence-electron chi connectivity index (χ2n) is 26.3. The summed E-state index contributed by atoms with van der Waals surface area (Å²) < 4.78 is 35.0. The van der Waals surface area contributed by atoms with Crippen molar-refractivity contribution >= 4 is 35.8 Å². The summed E-state index contributed by atoms with van der Waals surface area (Å²) in [6.07, 6.45) is 38.5. The molecule has 0 bridgehead atoms. The van der Waals surface area contributed by atoms with E-state index in [9.17, 15) is 33.9 Å². The molecule has 0 amide bonds. The molecule has 4 aliphatic rings. The Balaban J connectivity index is 1.18. The molecular weight excluding hydrogens is 1050 g/mol. The fraction of sp³-hybridized carbons (Fsp3) is 0.913. The largest absolute Gasteiger partial charge is 0.465 e. The highest BCUT2D eigenvalue weighted by Gasteiger charge is 2.33. The van der Waals surface area contributed by atoms with Crippen LogP contribution in [0.2, 0.25) is 0 Å². The predicted molar refractivity (Wildman–Crippen MR) is 327 cm³/mol. The fourth-order valence-electron chi connectivity index (χ4n) is 13.4. The third-order valence-corrected chi connectivity index (χ3v) is 19.2. The van der Waals surface area contributed by atoms with Gasteiger partial charge in [0, 0.05) is 26.0 Å². The molecule has 0 aromatic heterocycles. The van der Waals surface area contributed by atoms with E-state index in [2.05, 4.69) is 32.6 Å². The molecule has 0 saturated heterocycles. The van der Waals surface area contributed by atoms with Crippen LogP contribution in [-0.2, 0) is 57.2 Å². The Morgan fingerprint density at radius 3 is 0.843 bits per heavy atom. The first-order valence-electron chi connectivity index (χ1n) is 34.8. The van der Waals surface area contributed by atoms with Gasteiger partial charge in [-0.3, -0.25) is 28.8 Å². The minimum atomic E-state index is -0.455. The van der Waals surface area contributed by atoms with Crippen LogP contribution in [0.3, 0.4) is 0 Å². The van der Waals surface area contributed by atoms with E-state index in [1.165, 1.54) is 103 Å². The van der Waals surface area contributed by atoms with Gasteiger partial charge in [-0.25, -0.2) is 0 Å². The summed E-state index contributed by atoms with van der Waals surface area (Å²) in [4.78, 5) is 81.7. The molecule has 0 spiro atoms. The molecule has 14 nitrogen and oxygen atoms in total. The van der Waals surface area contributed by atoms with E-state index in [0.717, 1.165) is 116 Å². The molecule has 0 radical (unpaired) electrons. The zero-order chi connectivity index (χ0) is 59.7. The zero-order valence-corrected chi connectivity index (χ0v) is 53.2. The van der Waals surface area contributed by atoms with Gasteiger partial charge < -0.3 is 38.4 Å². The smallest absolute Gasteiger partial charge is 0.308 e. The van der Waals surface area contributed by atoms with Crippen molar-refractivity contribution in [3.8, 4) is 0 Å². The Hall–Kier alpha value is -3.26. The first kappa shape index (κ1) is 72.2. The van der Waals surface area contributed by atoms with Crippen LogP contribution < -0.4 is 0 Å². The first-order chi connectivity index (χ1) is 40.4. The Labute approximate surface area is 504 Å². The van der Waals surface area contributed by atoms with E-state index >= 15 is 0 Å². The molecule has 4 rings (SSSR count). The van der Waals surface area contributed by atoms with Gasteiger partial charge in [-0.15, -0.1) is 0 Å². The third kappa shape index (κ3) is 31.8. The summed E-state index contributed by atoms with van der Waals surface area (Å²) in [7, 11) is 0. The minimum absolute atomic E-state index is 0.000538. The average molecular weight is 1170 g/mol. The number of hydrogen-bond acceptors (Lipinski definition) is 14. The topological polar surface area (TPSA) is 181 Å². The van der Waals surface area contributed by atoms with Crippen LogP contribution in [0.1, 0.15) is 278 Å². The molecule has 83 heavy (non-hydrogen) atoms. The maximum atomic E-state index is 13.3. The summed E-state index contributed by atoms with van der Waals surface area (Å²) in [5.41, 5.74) is 0. The summed E-state index contributed by atoms with van der Waals surface area (Å²) >= 11 is 0. The number of unbranched alkanes of at least 4 members (excludes halogenated alkanes) is 10. The summed E-state index contributed by atoms with van der Waals surface area (Å²) in [6, 6.07) is 0. The van der Waals surface area contributed by atoms with Crippen LogP contribution in [0.15, 0.2) is 0 Å².